The Kier molecular flexibility index (Phi) is 7.38. The van der Waals surface area contributed by atoms with Crippen molar-refractivity contribution in [3.8, 4) is 0 Å². The molecule has 2 aromatic heterocycles. The van der Waals surface area contributed by atoms with Gasteiger partial charge in [0.1, 0.15) is 0 Å². The van der Waals surface area contributed by atoms with E-state index in [1.807, 2.05) is 6.92 Å². The predicted molar refractivity (Wildman–Crippen MR) is 160 cm³/mol. The molecule has 2 aliphatic rings. The molecule has 2 aromatic carbocycles. The fraction of sp³-hybridized carbons (Fsp3) is 0.241. The summed E-state index contributed by atoms with van der Waals surface area (Å²) >= 11 is 0.800. The first-order valence-electron chi connectivity index (χ1n) is 13.6. The Morgan fingerprint density at radius 3 is 2.40 bits per heavy atom. The molecule has 16 heteroatoms. The van der Waals surface area contributed by atoms with Gasteiger partial charge in [0, 0.05) is 31.1 Å². The highest BCUT2D eigenvalue weighted by Crippen LogP contribution is 2.38. The molecule has 0 bridgehead atoms. The van der Waals surface area contributed by atoms with Crippen LogP contribution >= 0.6 is 11.5 Å². The van der Waals surface area contributed by atoms with Crippen molar-refractivity contribution in [1.82, 2.24) is 14.2 Å². The second kappa shape index (κ2) is 11.2. The van der Waals surface area contributed by atoms with Crippen LogP contribution in [0.5, 0.6) is 0 Å². The number of esters is 1. The van der Waals surface area contributed by atoms with Gasteiger partial charge in [-0.25, -0.2) is 4.90 Å². The summed E-state index contributed by atoms with van der Waals surface area (Å²) in [6.45, 7) is 3.07. The van der Waals surface area contributed by atoms with Crippen LogP contribution in [0.2, 0.25) is 0 Å². The molecule has 1 fully saturated rings. The number of aromatic nitrogens is 3. The normalized spacial score (nSPS) is 17.0. The maximum Gasteiger partial charge on any atom is 0.303 e. The number of rotatable bonds is 7. The van der Waals surface area contributed by atoms with Crippen LogP contribution in [0.15, 0.2) is 42.5 Å². The third kappa shape index (κ3) is 4.98. The minimum absolute atomic E-state index is 0.00502. The van der Waals surface area contributed by atoms with E-state index >= 15 is 0 Å². The first-order valence-corrected chi connectivity index (χ1v) is 14.4. The molecule has 2 atom stereocenters. The molecule has 4 heterocycles. The van der Waals surface area contributed by atoms with Crippen molar-refractivity contribution in [3.63, 3.8) is 0 Å². The molecule has 230 valence electrons. The van der Waals surface area contributed by atoms with Crippen LogP contribution in [-0.4, -0.2) is 75.0 Å². The van der Waals surface area contributed by atoms with Gasteiger partial charge in [0.05, 0.1) is 40.2 Å². The van der Waals surface area contributed by atoms with Crippen molar-refractivity contribution >= 4 is 74.4 Å². The van der Waals surface area contributed by atoms with Crippen molar-refractivity contribution in [3.05, 3.63) is 64.8 Å². The highest BCUT2D eigenvalue weighted by Gasteiger charge is 2.44. The summed E-state index contributed by atoms with van der Waals surface area (Å²) < 4.78 is 17.0. The lowest BCUT2D eigenvalue weighted by Gasteiger charge is -2.34. The molecular formula is C29H25N7O8S. The van der Waals surface area contributed by atoms with Crippen LogP contribution in [0, 0.1) is 6.92 Å². The fourth-order valence-electron chi connectivity index (χ4n) is 5.24. The van der Waals surface area contributed by atoms with E-state index in [-0.39, 0.29) is 51.4 Å². The summed E-state index contributed by atoms with van der Waals surface area (Å²) in [4.78, 5) is 80.3. The Morgan fingerprint density at radius 1 is 1.11 bits per heavy atom. The number of hydrogen-bond acceptors (Lipinski definition) is 11. The summed E-state index contributed by atoms with van der Waals surface area (Å²) in [5, 5.41) is 7.12. The SMILES string of the molecule is CC(=O)O[C@@H](C(=O)Nc1ccc2c(N3C(=O)c4ccccc4C3=O)nsc2c1C(N)=O)[C@H]1OCCN(c2cc(C)n(C)n2)C1=O. The zero-order valence-corrected chi connectivity index (χ0v) is 24.9. The van der Waals surface area contributed by atoms with E-state index in [1.165, 1.54) is 29.2 Å². The highest BCUT2D eigenvalue weighted by molar-refractivity contribution is 7.14. The van der Waals surface area contributed by atoms with E-state index in [2.05, 4.69) is 14.8 Å². The molecule has 15 nitrogen and oxygen atoms in total. The largest absolute Gasteiger partial charge is 0.449 e. The number of aryl methyl sites for hydroxylation is 2. The zero-order chi connectivity index (χ0) is 32.2. The van der Waals surface area contributed by atoms with Crippen molar-refractivity contribution < 1.29 is 38.2 Å². The number of anilines is 3. The Hall–Kier alpha value is -5.48. The lowest BCUT2D eigenvalue weighted by molar-refractivity contribution is -0.167. The number of morpholine rings is 1. The number of hydrogen-bond donors (Lipinski definition) is 2. The first kappa shape index (κ1) is 29.6. The number of benzene rings is 2. The summed E-state index contributed by atoms with van der Waals surface area (Å²) in [5.41, 5.74) is 6.71. The molecule has 4 aromatic rings. The van der Waals surface area contributed by atoms with Crippen LogP contribution < -0.4 is 20.9 Å². The number of nitrogens with zero attached hydrogens (tertiary/aromatic N) is 5. The fourth-order valence-corrected chi connectivity index (χ4v) is 6.16. The standard InChI is InChI=1S/C29H25N7O8S/c1-13-12-19(32-34(13)3)35-10-11-43-22(29(35)42)21(44-14(2)37)26(39)31-18-9-8-17-23(20(18)24(30)38)45-33-25(17)36-27(40)15-6-4-5-7-16(15)28(36)41/h4-9,12,21-22H,10-11H2,1-3H3,(H2,30,38)(H,31,39)/t21-,22-/m1/s1. The van der Waals surface area contributed by atoms with Crippen molar-refractivity contribution in [2.45, 2.75) is 26.1 Å². The predicted octanol–water partition coefficient (Wildman–Crippen LogP) is 1.54. The molecule has 0 spiro atoms. The van der Waals surface area contributed by atoms with Crippen LogP contribution in [0.1, 0.15) is 43.7 Å². The number of imide groups is 1. The van der Waals surface area contributed by atoms with E-state index in [0.717, 1.165) is 29.1 Å². The van der Waals surface area contributed by atoms with Gasteiger partial charge in [0.25, 0.3) is 29.5 Å². The van der Waals surface area contributed by atoms with Crippen LogP contribution in [0.25, 0.3) is 10.1 Å². The Balaban J connectivity index is 1.32. The minimum Gasteiger partial charge on any atom is -0.449 e. The molecular weight excluding hydrogens is 606 g/mol. The summed E-state index contributed by atoms with van der Waals surface area (Å²) in [6.07, 6.45) is -3.26. The smallest absolute Gasteiger partial charge is 0.303 e. The number of nitrogens with two attached hydrogens (primary N) is 1. The van der Waals surface area contributed by atoms with E-state index in [4.69, 9.17) is 15.2 Å². The van der Waals surface area contributed by atoms with Gasteiger partial charge in [-0.15, -0.1) is 0 Å². The molecule has 45 heavy (non-hydrogen) atoms. The van der Waals surface area contributed by atoms with Gasteiger partial charge >= 0.3 is 5.97 Å². The second-order valence-corrected chi connectivity index (χ2v) is 11.1. The van der Waals surface area contributed by atoms with Crippen molar-refractivity contribution in [2.75, 3.05) is 28.3 Å². The molecule has 2 aliphatic heterocycles. The molecule has 0 unspecified atom stereocenters. The number of primary amides is 1. The van der Waals surface area contributed by atoms with E-state index in [1.54, 1.807) is 29.9 Å². The number of fused-ring (bicyclic) bond motifs is 2. The number of carbonyl (C=O) groups excluding carboxylic acids is 6. The van der Waals surface area contributed by atoms with Crippen molar-refractivity contribution in [1.29, 1.82) is 0 Å². The third-order valence-corrected chi connectivity index (χ3v) is 8.33. The van der Waals surface area contributed by atoms with Crippen LogP contribution in [-0.2, 0) is 30.9 Å². The van der Waals surface area contributed by atoms with Crippen molar-refractivity contribution in [2.24, 2.45) is 12.8 Å². The molecule has 0 saturated carbocycles. The van der Waals surface area contributed by atoms with Gasteiger partial charge < -0.3 is 20.5 Å². The van der Waals surface area contributed by atoms with E-state index in [9.17, 15) is 28.8 Å². The third-order valence-electron chi connectivity index (χ3n) is 7.46. The molecule has 3 N–H and O–H groups in total. The summed E-state index contributed by atoms with van der Waals surface area (Å²) in [5.74, 6) is -4.21. The molecule has 0 aliphatic carbocycles. The lowest BCUT2D eigenvalue weighted by atomic mass is 10.1. The van der Waals surface area contributed by atoms with Gasteiger partial charge in [-0.2, -0.15) is 9.47 Å². The highest BCUT2D eigenvalue weighted by atomic mass is 32.1. The van der Waals surface area contributed by atoms with Gasteiger partial charge in [-0.3, -0.25) is 38.3 Å². The van der Waals surface area contributed by atoms with E-state index in [0.29, 0.717) is 5.82 Å². The molecule has 6 rings (SSSR count). The molecule has 0 radical (unpaired) electrons. The van der Waals surface area contributed by atoms with Gasteiger partial charge in [-0.1, -0.05) is 12.1 Å². The topological polar surface area (TPSA) is 196 Å². The summed E-state index contributed by atoms with van der Waals surface area (Å²) in [7, 11) is 1.72. The van der Waals surface area contributed by atoms with E-state index < -0.39 is 47.7 Å². The van der Waals surface area contributed by atoms with Crippen LogP contribution in [0.3, 0.4) is 0 Å². The summed E-state index contributed by atoms with van der Waals surface area (Å²) in [6, 6.07) is 10.8. The maximum absolute atomic E-state index is 13.6. The molecule has 5 amide bonds. The Morgan fingerprint density at radius 2 is 1.80 bits per heavy atom. The second-order valence-electron chi connectivity index (χ2n) is 10.3. The quantitative estimate of drug-likeness (QED) is 0.223. The molecule has 1 saturated heterocycles. The van der Waals surface area contributed by atoms with Gasteiger partial charge in [0.15, 0.2) is 17.7 Å². The number of nitrogens with one attached hydrogen (secondary N) is 1. The Bertz CT molecular complexity index is 1890. The monoisotopic (exact) mass is 631 g/mol. The number of amides is 5. The van der Waals surface area contributed by atoms with Gasteiger partial charge in [-0.05, 0) is 42.7 Å². The minimum atomic E-state index is -1.74. The van der Waals surface area contributed by atoms with Crippen LogP contribution in [0.4, 0.5) is 17.3 Å². The average molecular weight is 632 g/mol. The lowest BCUT2D eigenvalue weighted by Crippen LogP contribution is -2.56. The average Bonchev–Trinajstić information content (AvgIpc) is 3.64. The first-order chi connectivity index (χ1) is 21.5. The van der Waals surface area contributed by atoms with Gasteiger partial charge in [0.2, 0.25) is 6.10 Å². The zero-order valence-electron chi connectivity index (χ0n) is 24.1. The Labute approximate surface area is 258 Å². The maximum atomic E-state index is 13.6. The number of carbonyl (C=O) groups is 6. The number of ether oxygens (including phenoxy) is 2.